The van der Waals surface area contributed by atoms with Crippen LogP contribution in [0.5, 0.6) is 0 Å². The second kappa shape index (κ2) is 7.71. The van der Waals surface area contributed by atoms with Crippen LogP contribution in [0.4, 0.5) is 0 Å². The summed E-state index contributed by atoms with van der Waals surface area (Å²) >= 11 is 8.87. The van der Waals surface area contributed by atoms with Crippen molar-refractivity contribution >= 4 is 43.2 Å². The third kappa shape index (κ3) is 3.92. The summed E-state index contributed by atoms with van der Waals surface area (Å²) in [6, 6.07) is 13.0. The topological polar surface area (TPSA) is 29.3 Å². The second-order valence-corrected chi connectivity index (χ2v) is 7.83. The summed E-state index contributed by atoms with van der Waals surface area (Å²) < 4.78 is 2.23. The molecule has 1 heterocycles. The van der Waals surface area contributed by atoms with Crippen molar-refractivity contribution in [2.75, 3.05) is 13.1 Å². The molecule has 0 bridgehead atoms. The van der Waals surface area contributed by atoms with E-state index in [-0.39, 0.29) is 6.04 Å². The van der Waals surface area contributed by atoms with E-state index in [1.54, 1.807) is 11.3 Å². The molecule has 2 rings (SSSR count). The maximum Gasteiger partial charge on any atom is 0.0843 e. The lowest BCUT2D eigenvalue weighted by molar-refractivity contribution is 0.206. The van der Waals surface area contributed by atoms with Gasteiger partial charge in [0.2, 0.25) is 0 Å². The van der Waals surface area contributed by atoms with E-state index in [1.807, 2.05) is 6.07 Å². The first kappa shape index (κ1) is 16.2. The van der Waals surface area contributed by atoms with Gasteiger partial charge in [0, 0.05) is 22.4 Å². The molecule has 1 atom stereocenters. The molecule has 2 N–H and O–H groups in total. The fraction of sp³-hybridized carbons (Fsp3) is 0.333. The first-order valence-corrected chi connectivity index (χ1v) is 8.98. The molecule has 0 aliphatic carbocycles. The molecule has 0 spiro atoms. The van der Waals surface area contributed by atoms with Crippen molar-refractivity contribution < 1.29 is 0 Å². The molecule has 2 nitrogen and oxygen atoms in total. The van der Waals surface area contributed by atoms with Crippen LogP contribution >= 0.6 is 43.2 Å². The van der Waals surface area contributed by atoms with Gasteiger partial charge in [-0.1, -0.05) is 37.3 Å². The summed E-state index contributed by atoms with van der Waals surface area (Å²) in [6.45, 7) is 4.71. The van der Waals surface area contributed by atoms with Crippen LogP contribution < -0.4 is 5.73 Å². The molecular formula is C15H18Br2N2S. The van der Waals surface area contributed by atoms with E-state index in [9.17, 15) is 0 Å². The molecule has 5 heteroatoms. The van der Waals surface area contributed by atoms with Gasteiger partial charge in [-0.15, -0.1) is 11.3 Å². The highest BCUT2D eigenvalue weighted by atomic mass is 79.9. The Morgan fingerprint density at radius 1 is 1.25 bits per heavy atom. The second-order valence-electron chi connectivity index (χ2n) is 4.57. The molecule has 0 saturated carbocycles. The zero-order valence-corrected chi connectivity index (χ0v) is 15.3. The van der Waals surface area contributed by atoms with Crippen LogP contribution in [0.3, 0.4) is 0 Å². The highest BCUT2D eigenvalue weighted by molar-refractivity contribution is 9.13. The predicted octanol–water partition coefficient (Wildman–Crippen LogP) is 4.80. The SMILES string of the molecule is CCN(Cc1ccccc1)C(CN)c1cc(Br)c(Br)s1. The lowest BCUT2D eigenvalue weighted by Crippen LogP contribution is -2.32. The highest BCUT2D eigenvalue weighted by Gasteiger charge is 2.21. The molecule has 0 fully saturated rings. The molecule has 0 saturated heterocycles. The van der Waals surface area contributed by atoms with Crippen molar-refractivity contribution in [2.45, 2.75) is 19.5 Å². The van der Waals surface area contributed by atoms with Gasteiger partial charge in [-0.3, -0.25) is 4.90 Å². The van der Waals surface area contributed by atoms with Crippen molar-refractivity contribution in [1.82, 2.24) is 4.90 Å². The molecule has 2 aromatic rings. The number of rotatable bonds is 6. The van der Waals surface area contributed by atoms with E-state index in [1.165, 1.54) is 10.4 Å². The molecule has 1 unspecified atom stereocenters. The van der Waals surface area contributed by atoms with Gasteiger partial charge in [0.25, 0.3) is 0 Å². The van der Waals surface area contributed by atoms with Crippen LogP contribution in [0, 0.1) is 0 Å². The van der Waals surface area contributed by atoms with Crippen LogP contribution in [-0.2, 0) is 6.54 Å². The molecule has 0 radical (unpaired) electrons. The van der Waals surface area contributed by atoms with Gasteiger partial charge in [-0.05, 0) is 50.0 Å². The molecule has 1 aromatic carbocycles. The van der Waals surface area contributed by atoms with E-state index in [2.05, 4.69) is 74.0 Å². The van der Waals surface area contributed by atoms with Gasteiger partial charge in [0.05, 0.1) is 9.83 Å². The quantitative estimate of drug-likeness (QED) is 0.731. The first-order chi connectivity index (χ1) is 9.65. The van der Waals surface area contributed by atoms with Crippen LogP contribution in [0.15, 0.2) is 44.7 Å². The van der Waals surface area contributed by atoms with Gasteiger partial charge in [0.1, 0.15) is 0 Å². The van der Waals surface area contributed by atoms with E-state index in [0.717, 1.165) is 21.3 Å². The number of halogens is 2. The Morgan fingerprint density at radius 3 is 2.45 bits per heavy atom. The van der Waals surface area contributed by atoms with Gasteiger partial charge in [0.15, 0.2) is 0 Å². The number of nitrogens with two attached hydrogens (primary N) is 1. The Labute approximate surface area is 141 Å². The van der Waals surface area contributed by atoms with Gasteiger partial charge < -0.3 is 5.73 Å². The molecule has 0 aliphatic rings. The number of nitrogens with zero attached hydrogens (tertiary/aromatic N) is 1. The largest absolute Gasteiger partial charge is 0.329 e. The van der Waals surface area contributed by atoms with Crippen LogP contribution in [0.1, 0.15) is 23.4 Å². The first-order valence-electron chi connectivity index (χ1n) is 6.58. The summed E-state index contributed by atoms with van der Waals surface area (Å²) in [6.07, 6.45) is 0. The zero-order chi connectivity index (χ0) is 14.5. The molecule has 0 aliphatic heterocycles. The Bertz CT molecular complexity index is 523. The normalized spacial score (nSPS) is 12.8. The van der Waals surface area contributed by atoms with Gasteiger partial charge >= 0.3 is 0 Å². The smallest absolute Gasteiger partial charge is 0.0843 e. The van der Waals surface area contributed by atoms with E-state index < -0.39 is 0 Å². The van der Waals surface area contributed by atoms with Crippen molar-refractivity contribution in [1.29, 1.82) is 0 Å². The van der Waals surface area contributed by atoms with Crippen LogP contribution in [-0.4, -0.2) is 18.0 Å². The monoisotopic (exact) mass is 416 g/mol. The summed E-state index contributed by atoms with van der Waals surface area (Å²) in [4.78, 5) is 3.71. The van der Waals surface area contributed by atoms with Crippen LogP contribution in [0.25, 0.3) is 0 Å². The molecule has 108 valence electrons. The summed E-state index contributed by atoms with van der Waals surface area (Å²) in [7, 11) is 0. The summed E-state index contributed by atoms with van der Waals surface area (Å²) in [5, 5.41) is 0. The average Bonchev–Trinajstić information content (AvgIpc) is 2.79. The zero-order valence-electron chi connectivity index (χ0n) is 11.4. The fourth-order valence-corrected chi connectivity index (χ4v) is 4.47. The number of hydrogen-bond acceptors (Lipinski definition) is 3. The highest BCUT2D eigenvalue weighted by Crippen LogP contribution is 2.37. The van der Waals surface area contributed by atoms with E-state index in [4.69, 9.17) is 5.73 Å². The van der Waals surface area contributed by atoms with E-state index in [0.29, 0.717) is 6.54 Å². The summed E-state index contributed by atoms with van der Waals surface area (Å²) in [5.74, 6) is 0. The van der Waals surface area contributed by atoms with Crippen LogP contribution in [0.2, 0.25) is 0 Å². The van der Waals surface area contributed by atoms with Gasteiger partial charge in [-0.2, -0.15) is 0 Å². The lowest BCUT2D eigenvalue weighted by atomic mass is 10.1. The van der Waals surface area contributed by atoms with Crippen molar-refractivity contribution in [3.8, 4) is 0 Å². The maximum atomic E-state index is 6.03. The Hall–Kier alpha value is -0.200. The minimum absolute atomic E-state index is 0.257. The van der Waals surface area contributed by atoms with Crippen molar-refractivity contribution in [3.05, 3.63) is 55.1 Å². The molecule has 0 amide bonds. The average molecular weight is 418 g/mol. The number of hydrogen-bond donors (Lipinski definition) is 1. The Kier molecular flexibility index (Phi) is 6.23. The molecule has 1 aromatic heterocycles. The number of benzene rings is 1. The lowest BCUT2D eigenvalue weighted by Gasteiger charge is -2.29. The fourth-order valence-electron chi connectivity index (χ4n) is 2.23. The summed E-state index contributed by atoms with van der Waals surface area (Å²) in [5.41, 5.74) is 7.35. The predicted molar refractivity (Wildman–Crippen MR) is 94.0 cm³/mol. The van der Waals surface area contributed by atoms with E-state index >= 15 is 0 Å². The number of thiophene rings is 1. The maximum absolute atomic E-state index is 6.03. The standard InChI is InChI=1S/C15H18Br2N2S/c1-2-19(10-11-6-4-3-5-7-11)13(9-18)14-8-12(16)15(17)20-14/h3-8,13H,2,9-10,18H2,1H3. The third-order valence-electron chi connectivity index (χ3n) is 3.29. The minimum Gasteiger partial charge on any atom is -0.329 e. The Morgan fingerprint density at radius 2 is 1.95 bits per heavy atom. The van der Waals surface area contributed by atoms with Crippen molar-refractivity contribution in [2.24, 2.45) is 5.73 Å². The molecule has 20 heavy (non-hydrogen) atoms. The van der Waals surface area contributed by atoms with Gasteiger partial charge in [-0.25, -0.2) is 0 Å². The Balaban J connectivity index is 2.19. The number of likely N-dealkylation sites (N-methyl/N-ethyl adjacent to an activating group) is 1. The molecular weight excluding hydrogens is 400 g/mol. The minimum atomic E-state index is 0.257. The van der Waals surface area contributed by atoms with Crippen molar-refractivity contribution in [3.63, 3.8) is 0 Å². The third-order valence-corrected chi connectivity index (χ3v) is 6.65.